The maximum Gasteiger partial charge on any atom is 0.341 e. The van der Waals surface area contributed by atoms with Crippen LogP contribution in [0.25, 0.3) is 0 Å². The first-order chi connectivity index (χ1) is 8.16. The number of nitrogen functional groups attached to an aromatic ring is 1. The number of nitrogens with two attached hydrogens (primary N) is 1. The van der Waals surface area contributed by atoms with E-state index in [1.54, 1.807) is 0 Å². The number of carbonyl (C=O) groups is 1. The van der Waals surface area contributed by atoms with E-state index in [0.29, 0.717) is 5.69 Å². The van der Waals surface area contributed by atoms with Crippen molar-refractivity contribution in [3.05, 3.63) is 29.6 Å². The summed E-state index contributed by atoms with van der Waals surface area (Å²) >= 11 is 0. The van der Waals surface area contributed by atoms with E-state index < -0.39 is 11.8 Å². The number of anilines is 1. The SMILES string of the molecule is Nc1ccc(C(=O)OC2CCCCC2)c(F)c1. The molecule has 0 atom stereocenters. The highest BCUT2D eigenvalue weighted by Crippen LogP contribution is 2.22. The largest absolute Gasteiger partial charge is 0.459 e. The second-order valence-electron chi connectivity index (χ2n) is 4.40. The van der Waals surface area contributed by atoms with Crippen LogP contribution >= 0.6 is 0 Å². The molecule has 0 bridgehead atoms. The fourth-order valence-corrected chi connectivity index (χ4v) is 2.09. The molecule has 0 radical (unpaired) electrons. The van der Waals surface area contributed by atoms with Crippen LogP contribution in [-0.2, 0) is 4.74 Å². The normalized spacial score (nSPS) is 16.8. The molecule has 0 heterocycles. The van der Waals surface area contributed by atoms with Crippen molar-refractivity contribution in [3.8, 4) is 0 Å². The Balaban J connectivity index is 2.03. The lowest BCUT2D eigenvalue weighted by molar-refractivity contribution is 0.0206. The summed E-state index contributed by atoms with van der Waals surface area (Å²) < 4.78 is 18.8. The first-order valence-corrected chi connectivity index (χ1v) is 5.93. The molecule has 1 fully saturated rings. The molecule has 1 aromatic carbocycles. The van der Waals surface area contributed by atoms with Crippen LogP contribution < -0.4 is 5.73 Å². The standard InChI is InChI=1S/C13H16FNO2/c14-12-8-9(15)6-7-11(12)13(16)17-10-4-2-1-3-5-10/h6-8,10H,1-5,15H2. The quantitative estimate of drug-likeness (QED) is 0.635. The van der Waals surface area contributed by atoms with Crippen molar-refractivity contribution in [2.24, 2.45) is 0 Å². The van der Waals surface area contributed by atoms with Crippen molar-refractivity contribution >= 4 is 11.7 Å². The first kappa shape index (κ1) is 11.9. The summed E-state index contributed by atoms with van der Waals surface area (Å²) in [5.41, 5.74) is 5.69. The average molecular weight is 237 g/mol. The predicted molar refractivity (Wildman–Crippen MR) is 63.1 cm³/mol. The lowest BCUT2D eigenvalue weighted by Crippen LogP contribution is -2.21. The van der Waals surface area contributed by atoms with Crippen LogP contribution in [0.2, 0.25) is 0 Å². The fourth-order valence-electron chi connectivity index (χ4n) is 2.09. The van der Waals surface area contributed by atoms with Gasteiger partial charge in [-0.05, 0) is 43.9 Å². The zero-order valence-corrected chi connectivity index (χ0v) is 9.62. The molecule has 1 aromatic rings. The summed E-state index contributed by atoms with van der Waals surface area (Å²) in [6, 6.07) is 4.01. The van der Waals surface area contributed by atoms with Gasteiger partial charge in [0.1, 0.15) is 11.9 Å². The number of ether oxygens (including phenoxy) is 1. The molecule has 2 rings (SSSR count). The maximum atomic E-state index is 13.5. The van der Waals surface area contributed by atoms with Gasteiger partial charge in [-0.1, -0.05) is 6.42 Å². The molecule has 0 saturated heterocycles. The second-order valence-corrected chi connectivity index (χ2v) is 4.40. The third-order valence-electron chi connectivity index (χ3n) is 3.04. The van der Waals surface area contributed by atoms with Crippen LogP contribution in [0.1, 0.15) is 42.5 Å². The Kier molecular flexibility index (Phi) is 3.61. The van der Waals surface area contributed by atoms with E-state index in [4.69, 9.17) is 10.5 Å². The van der Waals surface area contributed by atoms with Gasteiger partial charge < -0.3 is 10.5 Å². The number of hydrogen-bond donors (Lipinski definition) is 1. The molecule has 1 aliphatic rings. The summed E-state index contributed by atoms with van der Waals surface area (Å²) in [6.07, 6.45) is 5.02. The topological polar surface area (TPSA) is 52.3 Å². The highest BCUT2D eigenvalue weighted by Gasteiger charge is 2.20. The van der Waals surface area contributed by atoms with Crippen molar-refractivity contribution < 1.29 is 13.9 Å². The van der Waals surface area contributed by atoms with Crippen LogP contribution in [0.3, 0.4) is 0 Å². The molecule has 2 N–H and O–H groups in total. The maximum absolute atomic E-state index is 13.5. The van der Waals surface area contributed by atoms with E-state index in [0.717, 1.165) is 31.7 Å². The number of rotatable bonds is 2. The Labute approximate surface area is 99.8 Å². The van der Waals surface area contributed by atoms with Crippen LogP contribution in [0, 0.1) is 5.82 Å². The molecule has 4 heteroatoms. The van der Waals surface area contributed by atoms with Crippen LogP contribution in [0.4, 0.5) is 10.1 Å². The minimum Gasteiger partial charge on any atom is -0.459 e. The summed E-state index contributed by atoms with van der Waals surface area (Å²) in [4.78, 5) is 11.7. The molecule has 0 aliphatic heterocycles. The Morgan fingerprint density at radius 3 is 2.65 bits per heavy atom. The number of esters is 1. The molecule has 1 saturated carbocycles. The van der Waals surface area contributed by atoms with Gasteiger partial charge in [-0.2, -0.15) is 0 Å². The van der Waals surface area contributed by atoms with Gasteiger partial charge in [0.2, 0.25) is 0 Å². The van der Waals surface area contributed by atoms with Gasteiger partial charge in [0.15, 0.2) is 0 Å². The van der Waals surface area contributed by atoms with Crippen molar-refractivity contribution in [1.29, 1.82) is 0 Å². The smallest absolute Gasteiger partial charge is 0.341 e. The van der Waals surface area contributed by atoms with E-state index in [-0.39, 0.29) is 11.7 Å². The van der Waals surface area contributed by atoms with Gasteiger partial charge in [0.25, 0.3) is 0 Å². The Bertz CT molecular complexity index is 414. The molecule has 0 amide bonds. The molecule has 0 aromatic heterocycles. The molecule has 0 unspecified atom stereocenters. The molecular weight excluding hydrogens is 221 g/mol. The minimum absolute atomic E-state index is 0.0372. The Morgan fingerprint density at radius 1 is 1.29 bits per heavy atom. The molecule has 92 valence electrons. The van der Waals surface area contributed by atoms with E-state index in [1.165, 1.54) is 18.6 Å². The predicted octanol–water partition coefficient (Wildman–Crippen LogP) is 2.90. The van der Waals surface area contributed by atoms with E-state index in [9.17, 15) is 9.18 Å². The van der Waals surface area contributed by atoms with E-state index in [2.05, 4.69) is 0 Å². The van der Waals surface area contributed by atoms with Crippen LogP contribution in [0.15, 0.2) is 18.2 Å². The fraction of sp³-hybridized carbons (Fsp3) is 0.462. The molecular formula is C13H16FNO2. The third kappa shape index (κ3) is 2.96. The number of carbonyl (C=O) groups excluding carboxylic acids is 1. The van der Waals surface area contributed by atoms with Gasteiger partial charge >= 0.3 is 5.97 Å². The van der Waals surface area contributed by atoms with Crippen LogP contribution in [0.5, 0.6) is 0 Å². The third-order valence-corrected chi connectivity index (χ3v) is 3.04. The molecule has 0 spiro atoms. The molecule has 1 aliphatic carbocycles. The van der Waals surface area contributed by atoms with Gasteiger partial charge in [-0.3, -0.25) is 0 Å². The monoisotopic (exact) mass is 237 g/mol. The first-order valence-electron chi connectivity index (χ1n) is 5.93. The van der Waals surface area contributed by atoms with Crippen molar-refractivity contribution in [3.63, 3.8) is 0 Å². The zero-order valence-electron chi connectivity index (χ0n) is 9.62. The molecule has 3 nitrogen and oxygen atoms in total. The van der Waals surface area contributed by atoms with Gasteiger partial charge in [0.05, 0.1) is 5.56 Å². The number of hydrogen-bond acceptors (Lipinski definition) is 3. The highest BCUT2D eigenvalue weighted by atomic mass is 19.1. The summed E-state index contributed by atoms with van der Waals surface area (Å²) in [5.74, 6) is -1.21. The molecule has 17 heavy (non-hydrogen) atoms. The summed E-state index contributed by atoms with van der Waals surface area (Å²) in [5, 5.41) is 0. The van der Waals surface area contributed by atoms with E-state index in [1.807, 2.05) is 0 Å². The minimum atomic E-state index is -0.620. The Hall–Kier alpha value is -1.58. The van der Waals surface area contributed by atoms with Crippen LogP contribution in [-0.4, -0.2) is 12.1 Å². The van der Waals surface area contributed by atoms with Gasteiger partial charge in [0, 0.05) is 5.69 Å². The number of halogens is 1. The lowest BCUT2D eigenvalue weighted by Gasteiger charge is -2.21. The second kappa shape index (κ2) is 5.17. The van der Waals surface area contributed by atoms with Crippen molar-refractivity contribution in [2.75, 3.05) is 5.73 Å². The summed E-state index contributed by atoms with van der Waals surface area (Å²) in [6.45, 7) is 0. The van der Waals surface area contributed by atoms with Crippen molar-refractivity contribution in [2.45, 2.75) is 38.2 Å². The zero-order chi connectivity index (χ0) is 12.3. The number of benzene rings is 1. The Morgan fingerprint density at radius 2 is 2.00 bits per heavy atom. The lowest BCUT2D eigenvalue weighted by atomic mass is 9.98. The van der Waals surface area contributed by atoms with Crippen molar-refractivity contribution in [1.82, 2.24) is 0 Å². The highest BCUT2D eigenvalue weighted by molar-refractivity contribution is 5.90. The average Bonchev–Trinajstić information content (AvgIpc) is 2.30. The summed E-state index contributed by atoms with van der Waals surface area (Å²) in [7, 11) is 0. The van der Waals surface area contributed by atoms with Gasteiger partial charge in [-0.15, -0.1) is 0 Å². The van der Waals surface area contributed by atoms with Gasteiger partial charge in [-0.25, -0.2) is 9.18 Å². The van der Waals surface area contributed by atoms with E-state index >= 15 is 0 Å².